The van der Waals surface area contributed by atoms with Crippen LogP contribution >= 0.6 is 0 Å². The molecule has 3 heteroatoms. The normalized spacial score (nSPS) is 38.8. The Morgan fingerprint density at radius 1 is 1.36 bits per heavy atom. The third-order valence-electron chi connectivity index (χ3n) is 6.96. The number of hydrogen-bond acceptors (Lipinski definition) is 3. The molecule has 0 aliphatic heterocycles. The van der Waals surface area contributed by atoms with Crippen molar-refractivity contribution in [1.29, 1.82) is 0 Å². The summed E-state index contributed by atoms with van der Waals surface area (Å²) >= 11 is 0. The Bertz CT molecular complexity index is 576. The van der Waals surface area contributed by atoms with Crippen LogP contribution in [-0.4, -0.2) is 23.8 Å². The fourth-order valence-electron chi connectivity index (χ4n) is 5.40. The van der Waals surface area contributed by atoms with Crippen molar-refractivity contribution in [2.75, 3.05) is 6.61 Å². The van der Waals surface area contributed by atoms with Gasteiger partial charge in [0.2, 0.25) is 0 Å². The van der Waals surface area contributed by atoms with Crippen LogP contribution in [-0.2, 0) is 9.53 Å². The van der Waals surface area contributed by atoms with Gasteiger partial charge in [-0.1, -0.05) is 50.3 Å². The zero-order chi connectivity index (χ0) is 18.8. The van der Waals surface area contributed by atoms with E-state index >= 15 is 0 Å². The maximum atomic E-state index is 11.5. The van der Waals surface area contributed by atoms with Gasteiger partial charge in [0.15, 0.2) is 0 Å². The Morgan fingerprint density at radius 2 is 2.04 bits per heavy atom. The van der Waals surface area contributed by atoms with Gasteiger partial charge in [0.05, 0.1) is 6.61 Å². The van der Waals surface area contributed by atoms with Crippen molar-refractivity contribution in [3.63, 3.8) is 0 Å². The molecule has 0 amide bonds. The summed E-state index contributed by atoms with van der Waals surface area (Å²) < 4.78 is 5.62. The maximum absolute atomic E-state index is 11.5. The van der Waals surface area contributed by atoms with Gasteiger partial charge >= 0.3 is 5.97 Å². The Hall–Kier alpha value is -1.35. The lowest BCUT2D eigenvalue weighted by Crippen LogP contribution is -2.58. The lowest BCUT2D eigenvalue weighted by molar-refractivity contribution is -0.185. The molecule has 2 saturated carbocycles. The molecule has 0 aromatic heterocycles. The molecule has 0 aromatic carbocycles. The van der Waals surface area contributed by atoms with Crippen LogP contribution in [0.25, 0.3) is 0 Å². The number of carbonyl (C=O) groups is 1. The molecule has 5 atom stereocenters. The van der Waals surface area contributed by atoms with E-state index in [2.05, 4.69) is 40.0 Å². The van der Waals surface area contributed by atoms with Gasteiger partial charge in [-0.15, -0.1) is 0 Å². The monoisotopic (exact) mass is 346 g/mol. The molecule has 140 valence electrons. The van der Waals surface area contributed by atoms with Gasteiger partial charge in [-0.3, -0.25) is 4.79 Å². The van der Waals surface area contributed by atoms with Crippen LogP contribution in [0.3, 0.4) is 0 Å². The van der Waals surface area contributed by atoms with E-state index in [0.717, 1.165) is 32.1 Å². The van der Waals surface area contributed by atoms with E-state index in [1.54, 1.807) is 0 Å². The fraction of sp³-hybridized carbons (Fsp3) is 0.682. The highest BCUT2D eigenvalue weighted by Gasteiger charge is 2.58. The second-order valence-corrected chi connectivity index (χ2v) is 8.50. The quantitative estimate of drug-likeness (QED) is 0.441. The highest BCUT2D eigenvalue weighted by Crippen LogP contribution is 2.62. The molecule has 2 aliphatic rings. The Balaban J connectivity index is 2.36. The summed E-state index contributed by atoms with van der Waals surface area (Å²) in [5.74, 6) is 0.455. The molecule has 3 nitrogen and oxygen atoms in total. The zero-order valence-corrected chi connectivity index (χ0v) is 16.3. The van der Waals surface area contributed by atoms with Crippen LogP contribution in [0.1, 0.15) is 59.8 Å². The molecule has 2 aliphatic carbocycles. The Morgan fingerprint density at radius 3 is 2.60 bits per heavy atom. The number of hydrogen-bond donors (Lipinski definition) is 1. The predicted molar refractivity (Wildman–Crippen MR) is 102 cm³/mol. The van der Waals surface area contributed by atoms with Crippen LogP contribution in [0.4, 0.5) is 0 Å². The van der Waals surface area contributed by atoms with Gasteiger partial charge in [0, 0.05) is 12.3 Å². The summed E-state index contributed by atoms with van der Waals surface area (Å²) in [5, 5.41) is 10.3. The Kier molecular flexibility index (Phi) is 5.98. The van der Waals surface area contributed by atoms with Gasteiger partial charge in [0.1, 0.15) is 6.10 Å². The highest BCUT2D eigenvalue weighted by molar-refractivity contribution is 5.66. The average molecular weight is 347 g/mol. The molecule has 1 N–H and O–H groups in total. The summed E-state index contributed by atoms with van der Waals surface area (Å²) in [7, 11) is 0. The molecular weight excluding hydrogens is 312 g/mol. The number of fused-ring (bicyclic) bond motifs is 1. The molecule has 0 bridgehead atoms. The molecule has 0 saturated heterocycles. The summed E-state index contributed by atoms with van der Waals surface area (Å²) in [6, 6.07) is 0. The smallest absolute Gasteiger partial charge is 0.302 e. The van der Waals surface area contributed by atoms with Crippen molar-refractivity contribution >= 4 is 5.97 Å². The molecule has 2 rings (SSSR count). The summed E-state index contributed by atoms with van der Waals surface area (Å²) in [6.45, 7) is 16.2. The predicted octanol–water partition coefficient (Wildman–Crippen LogP) is 4.82. The molecule has 0 heterocycles. The van der Waals surface area contributed by atoms with Crippen molar-refractivity contribution in [2.45, 2.75) is 65.9 Å². The van der Waals surface area contributed by atoms with E-state index in [0.29, 0.717) is 11.8 Å². The standard InChI is InChI=1S/C22H34O3/c1-7-15(2)8-10-18-16(3)9-11-19-21(18,5)13-12-20(25-17(4)24)22(19,6)14-23/h7-8,18-20,23H,1,3,9-14H2,2,4-6H3/b15-8+/t18-,19+,20-,21+,22+/m1/s1. The van der Waals surface area contributed by atoms with Crippen molar-refractivity contribution in [3.05, 3.63) is 36.5 Å². The van der Waals surface area contributed by atoms with Crippen molar-refractivity contribution in [2.24, 2.45) is 22.7 Å². The molecule has 2 fully saturated rings. The molecule has 0 unspecified atom stereocenters. The highest BCUT2D eigenvalue weighted by atomic mass is 16.5. The first-order valence-electron chi connectivity index (χ1n) is 9.44. The second-order valence-electron chi connectivity index (χ2n) is 8.50. The van der Waals surface area contributed by atoms with E-state index in [1.165, 1.54) is 18.1 Å². The maximum Gasteiger partial charge on any atom is 0.302 e. The van der Waals surface area contributed by atoms with Gasteiger partial charge in [-0.2, -0.15) is 0 Å². The minimum atomic E-state index is -0.394. The number of aliphatic hydroxyl groups is 1. The molecule has 0 spiro atoms. The van der Waals surface area contributed by atoms with Crippen LogP contribution in [0, 0.1) is 22.7 Å². The van der Waals surface area contributed by atoms with Crippen molar-refractivity contribution in [1.82, 2.24) is 0 Å². The summed E-state index contributed by atoms with van der Waals surface area (Å²) in [5.41, 5.74) is 2.19. The largest absolute Gasteiger partial charge is 0.462 e. The number of allylic oxidation sites excluding steroid dienone is 4. The van der Waals surface area contributed by atoms with E-state index in [4.69, 9.17) is 4.74 Å². The van der Waals surface area contributed by atoms with E-state index in [1.807, 2.05) is 6.08 Å². The number of ether oxygens (including phenoxy) is 1. The van der Waals surface area contributed by atoms with E-state index < -0.39 is 5.41 Å². The average Bonchev–Trinajstić information content (AvgIpc) is 2.56. The molecule has 0 radical (unpaired) electrons. The van der Waals surface area contributed by atoms with Crippen LogP contribution < -0.4 is 0 Å². The lowest BCUT2D eigenvalue weighted by atomic mass is 9.46. The number of rotatable bonds is 5. The van der Waals surface area contributed by atoms with Gasteiger partial charge < -0.3 is 9.84 Å². The van der Waals surface area contributed by atoms with Crippen LogP contribution in [0.2, 0.25) is 0 Å². The minimum absolute atomic E-state index is 0.0475. The first kappa shape index (κ1) is 20.0. The van der Waals surface area contributed by atoms with Gasteiger partial charge in [-0.25, -0.2) is 0 Å². The third-order valence-corrected chi connectivity index (χ3v) is 6.96. The van der Waals surface area contributed by atoms with Crippen LogP contribution in [0.5, 0.6) is 0 Å². The number of aliphatic hydroxyl groups excluding tert-OH is 1. The number of esters is 1. The van der Waals surface area contributed by atoms with E-state index in [-0.39, 0.29) is 24.1 Å². The third kappa shape index (κ3) is 3.62. The molecule has 25 heavy (non-hydrogen) atoms. The second kappa shape index (κ2) is 7.49. The lowest BCUT2D eigenvalue weighted by Gasteiger charge is -2.60. The van der Waals surface area contributed by atoms with Crippen LogP contribution in [0.15, 0.2) is 36.5 Å². The first-order valence-corrected chi connectivity index (χ1v) is 9.44. The van der Waals surface area contributed by atoms with Gasteiger partial charge in [0.25, 0.3) is 0 Å². The summed E-state index contributed by atoms with van der Waals surface area (Å²) in [4.78, 5) is 11.5. The van der Waals surface area contributed by atoms with Crippen molar-refractivity contribution in [3.8, 4) is 0 Å². The fourth-order valence-corrected chi connectivity index (χ4v) is 5.40. The van der Waals surface area contributed by atoms with E-state index in [9.17, 15) is 9.90 Å². The SMILES string of the molecule is C=C/C(C)=C/C[C@@H]1C(=C)CC[C@@H]2[C@](C)(CO)[C@H](OC(C)=O)CC[C@]21C. The molecular formula is C22H34O3. The summed E-state index contributed by atoms with van der Waals surface area (Å²) in [6.07, 6.45) is 8.69. The topological polar surface area (TPSA) is 46.5 Å². The first-order chi connectivity index (χ1) is 11.7. The minimum Gasteiger partial charge on any atom is -0.462 e. The molecule has 0 aromatic rings. The number of carbonyl (C=O) groups excluding carboxylic acids is 1. The van der Waals surface area contributed by atoms with Gasteiger partial charge in [-0.05, 0) is 56.3 Å². The van der Waals surface area contributed by atoms with Crippen molar-refractivity contribution < 1.29 is 14.6 Å². The zero-order valence-electron chi connectivity index (χ0n) is 16.3. The Labute approximate surface area is 152 Å².